The van der Waals surface area contributed by atoms with Crippen LogP contribution in [0.2, 0.25) is 5.15 Å². The first-order valence-electron chi connectivity index (χ1n) is 4.99. The largest absolute Gasteiger partial charge is 0.481 e. The van der Waals surface area contributed by atoms with Crippen LogP contribution < -0.4 is 4.74 Å². The van der Waals surface area contributed by atoms with Crippen molar-refractivity contribution in [2.24, 2.45) is 0 Å². The summed E-state index contributed by atoms with van der Waals surface area (Å²) in [5.41, 5.74) is 3.13. The van der Waals surface area contributed by atoms with Gasteiger partial charge < -0.3 is 4.74 Å². The Morgan fingerprint density at radius 1 is 1.19 bits per heavy atom. The summed E-state index contributed by atoms with van der Waals surface area (Å²) in [7, 11) is 1.59. The molecule has 16 heavy (non-hydrogen) atoms. The quantitative estimate of drug-likeness (QED) is 0.738. The highest BCUT2D eigenvalue weighted by Crippen LogP contribution is 2.30. The van der Waals surface area contributed by atoms with Gasteiger partial charge in [0.15, 0.2) is 0 Å². The monoisotopic (exact) mass is 233 g/mol. The maximum Gasteiger partial charge on any atom is 0.214 e. The fraction of sp³-hybridized carbons (Fsp3) is 0.154. The average molecular weight is 234 g/mol. The Morgan fingerprint density at radius 3 is 2.50 bits per heavy atom. The number of nitrogens with zero attached hydrogens (tertiary/aromatic N) is 1. The topological polar surface area (TPSA) is 22.1 Å². The molecule has 1 heterocycles. The SMILES string of the molecule is COc1cc(-c2ccccc2)c(C)c(Cl)n1. The first-order valence-corrected chi connectivity index (χ1v) is 5.36. The van der Waals surface area contributed by atoms with Crippen molar-refractivity contribution in [2.45, 2.75) is 6.92 Å². The minimum Gasteiger partial charge on any atom is -0.481 e. The zero-order valence-electron chi connectivity index (χ0n) is 9.20. The molecule has 0 spiro atoms. The van der Waals surface area contributed by atoms with Crippen molar-refractivity contribution in [1.82, 2.24) is 4.98 Å². The van der Waals surface area contributed by atoms with E-state index in [1.807, 2.05) is 43.3 Å². The molecule has 0 saturated carbocycles. The molecule has 0 fully saturated rings. The Balaban J connectivity index is 2.60. The fourth-order valence-corrected chi connectivity index (χ4v) is 1.76. The van der Waals surface area contributed by atoms with E-state index in [2.05, 4.69) is 4.98 Å². The maximum absolute atomic E-state index is 6.06. The molecular weight excluding hydrogens is 222 g/mol. The lowest BCUT2D eigenvalue weighted by Crippen LogP contribution is -1.93. The second kappa shape index (κ2) is 4.54. The zero-order chi connectivity index (χ0) is 11.5. The highest BCUT2D eigenvalue weighted by Gasteiger charge is 2.09. The fourth-order valence-electron chi connectivity index (χ4n) is 1.58. The van der Waals surface area contributed by atoms with Gasteiger partial charge in [0.2, 0.25) is 5.88 Å². The van der Waals surface area contributed by atoms with E-state index in [1.54, 1.807) is 7.11 Å². The van der Waals surface area contributed by atoms with E-state index >= 15 is 0 Å². The molecule has 0 aliphatic carbocycles. The van der Waals surface area contributed by atoms with Crippen molar-refractivity contribution in [3.05, 3.63) is 47.1 Å². The predicted molar refractivity (Wildman–Crippen MR) is 66.0 cm³/mol. The average Bonchev–Trinajstić information content (AvgIpc) is 2.33. The number of rotatable bonds is 2. The van der Waals surface area contributed by atoms with Gasteiger partial charge in [0.05, 0.1) is 7.11 Å². The van der Waals surface area contributed by atoms with E-state index in [0.717, 1.165) is 16.7 Å². The minimum atomic E-state index is 0.484. The molecule has 1 aromatic heterocycles. The number of hydrogen-bond donors (Lipinski definition) is 0. The summed E-state index contributed by atoms with van der Waals surface area (Å²) in [6.07, 6.45) is 0. The Kier molecular flexibility index (Phi) is 3.11. The lowest BCUT2D eigenvalue weighted by Gasteiger charge is -2.09. The Hall–Kier alpha value is -1.54. The van der Waals surface area contributed by atoms with Crippen molar-refractivity contribution in [2.75, 3.05) is 7.11 Å². The lowest BCUT2D eigenvalue weighted by atomic mass is 10.0. The summed E-state index contributed by atoms with van der Waals surface area (Å²) in [6.45, 7) is 1.96. The third-order valence-electron chi connectivity index (χ3n) is 2.48. The van der Waals surface area contributed by atoms with E-state index in [9.17, 15) is 0 Å². The van der Waals surface area contributed by atoms with Gasteiger partial charge in [0.1, 0.15) is 5.15 Å². The number of ether oxygens (including phenoxy) is 1. The van der Waals surface area contributed by atoms with Crippen LogP contribution in [0.5, 0.6) is 5.88 Å². The van der Waals surface area contributed by atoms with Crippen molar-refractivity contribution in [3.8, 4) is 17.0 Å². The molecule has 0 atom stereocenters. The summed E-state index contributed by atoms with van der Waals surface area (Å²) in [5, 5.41) is 0.484. The number of halogens is 1. The highest BCUT2D eigenvalue weighted by molar-refractivity contribution is 6.30. The molecule has 82 valence electrons. The normalized spacial score (nSPS) is 10.2. The summed E-state index contributed by atoms with van der Waals surface area (Å²) < 4.78 is 5.12. The molecule has 0 bridgehead atoms. The van der Waals surface area contributed by atoms with Crippen LogP contribution in [-0.2, 0) is 0 Å². The van der Waals surface area contributed by atoms with Gasteiger partial charge in [-0.2, -0.15) is 0 Å². The van der Waals surface area contributed by atoms with Gasteiger partial charge in [-0.05, 0) is 23.6 Å². The molecule has 2 rings (SSSR count). The van der Waals surface area contributed by atoms with Gasteiger partial charge in [0, 0.05) is 6.07 Å². The van der Waals surface area contributed by atoms with Crippen molar-refractivity contribution in [3.63, 3.8) is 0 Å². The molecule has 0 unspecified atom stereocenters. The van der Waals surface area contributed by atoms with E-state index in [4.69, 9.17) is 16.3 Å². The van der Waals surface area contributed by atoms with Gasteiger partial charge in [0.25, 0.3) is 0 Å². The molecule has 0 radical (unpaired) electrons. The minimum absolute atomic E-state index is 0.484. The molecule has 3 heteroatoms. The molecule has 0 aliphatic rings. The van der Waals surface area contributed by atoms with E-state index < -0.39 is 0 Å². The first-order chi connectivity index (χ1) is 7.72. The number of benzene rings is 1. The number of methoxy groups -OCH3 is 1. The van der Waals surface area contributed by atoms with Crippen molar-refractivity contribution >= 4 is 11.6 Å². The number of pyridine rings is 1. The van der Waals surface area contributed by atoms with Gasteiger partial charge in [-0.15, -0.1) is 0 Å². The van der Waals surface area contributed by atoms with Crippen LogP contribution in [0.3, 0.4) is 0 Å². The first kappa shape index (κ1) is 11.0. The Bertz CT molecular complexity index is 497. The Morgan fingerprint density at radius 2 is 1.88 bits per heavy atom. The molecule has 0 saturated heterocycles. The summed E-state index contributed by atoms with van der Waals surface area (Å²) >= 11 is 6.06. The molecule has 2 aromatic rings. The number of aromatic nitrogens is 1. The van der Waals surface area contributed by atoms with Crippen LogP contribution >= 0.6 is 11.6 Å². The standard InChI is InChI=1S/C13H12ClNO/c1-9-11(10-6-4-3-5-7-10)8-12(16-2)15-13(9)14/h3-8H,1-2H3. The summed E-state index contributed by atoms with van der Waals surface area (Å²) in [5.74, 6) is 0.537. The maximum atomic E-state index is 6.06. The van der Waals surface area contributed by atoms with E-state index in [1.165, 1.54) is 0 Å². The highest BCUT2D eigenvalue weighted by atomic mass is 35.5. The third kappa shape index (κ3) is 2.02. The third-order valence-corrected chi connectivity index (χ3v) is 2.85. The van der Waals surface area contributed by atoms with Gasteiger partial charge in [-0.1, -0.05) is 41.9 Å². The van der Waals surface area contributed by atoms with Crippen LogP contribution in [0.1, 0.15) is 5.56 Å². The van der Waals surface area contributed by atoms with Gasteiger partial charge in [-0.3, -0.25) is 0 Å². The summed E-state index contributed by atoms with van der Waals surface area (Å²) in [6, 6.07) is 12.0. The van der Waals surface area contributed by atoms with E-state index in [0.29, 0.717) is 11.0 Å². The van der Waals surface area contributed by atoms with Crippen LogP contribution in [-0.4, -0.2) is 12.1 Å². The molecule has 0 aliphatic heterocycles. The molecule has 2 nitrogen and oxygen atoms in total. The molecule has 0 amide bonds. The van der Waals surface area contributed by atoms with Gasteiger partial charge >= 0.3 is 0 Å². The Labute approximate surface area is 99.9 Å². The lowest BCUT2D eigenvalue weighted by molar-refractivity contribution is 0.398. The predicted octanol–water partition coefficient (Wildman–Crippen LogP) is 3.72. The smallest absolute Gasteiger partial charge is 0.214 e. The van der Waals surface area contributed by atoms with Crippen LogP contribution in [0.15, 0.2) is 36.4 Å². The van der Waals surface area contributed by atoms with Crippen molar-refractivity contribution in [1.29, 1.82) is 0 Å². The molecular formula is C13H12ClNO. The van der Waals surface area contributed by atoms with Crippen LogP contribution in [0, 0.1) is 6.92 Å². The van der Waals surface area contributed by atoms with Gasteiger partial charge in [-0.25, -0.2) is 4.98 Å². The second-order valence-electron chi connectivity index (χ2n) is 3.49. The number of hydrogen-bond acceptors (Lipinski definition) is 2. The van der Waals surface area contributed by atoms with E-state index in [-0.39, 0.29) is 0 Å². The second-order valence-corrected chi connectivity index (χ2v) is 3.85. The molecule has 0 N–H and O–H groups in total. The summed E-state index contributed by atoms with van der Waals surface area (Å²) in [4.78, 5) is 4.12. The van der Waals surface area contributed by atoms with Crippen LogP contribution in [0.25, 0.3) is 11.1 Å². The zero-order valence-corrected chi connectivity index (χ0v) is 9.95. The van der Waals surface area contributed by atoms with Crippen molar-refractivity contribution < 1.29 is 4.74 Å². The van der Waals surface area contributed by atoms with Crippen LogP contribution in [0.4, 0.5) is 0 Å². The molecule has 1 aromatic carbocycles.